The summed E-state index contributed by atoms with van der Waals surface area (Å²) in [7, 11) is 3.15. The Morgan fingerprint density at radius 3 is 2.28 bits per heavy atom. The predicted octanol–water partition coefficient (Wildman–Crippen LogP) is 4.12. The largest absolute Gasteiger partial charge is 0.493 e. The summed E-state index contributed by atoms with van der Waals surface area (Å²) in [5.74, 6) is 1.92. The normalized spacial score (nSPS) is 10.2. The highest BCUT2D eigenvalue weighted by Gasteiger charge is 2.07. The van der Waals surface area contributed by atoms with Crippen LogP contribution in [-0.4, -0.2) is 24.2 Å². The lowest BCUT2D eigenvalue weighted by atomic mass is 10.2. The molecule has 0 spiro atoms. The van der Waals surface area contributed by atoms with Crippen molar-refractivity contribution in [3.63, 3.8) is 0 Å². The van der Waals surface area contributed by atoms with Crippen LogP contribution in [0, 0.1) is 5.82 Å². The van der Waals surface area contributed by atoms with Gasteiger partial charge in [-0.15, -0.1) is 0 Å². The Labute approximate surface area is 144 Å². The monoisotopic (exact) mass is 340 g/mol. The van der Waals surface area contributed by atoms with E-state index >= 15 is 0 Å². The Morgan fingerprint density at radius 1 is 0.840 bits per heavy atom. The first-order valence-corrected chi connectivity index (χ1v) is 7.52. The maximum atomic E-state index is 13.7. The van der Waals surface area contributed by atoms with Gasteiger partial charge in [0.15, 0.2) is 11.5 Å². The van der Waals surface area contributed by atoms with E-state index in [1.54, 1.807) is 50.6 Å². The average Bonchev–Trinajstić information content (AvgIpc) is 2.64. The number of nitrogens with zero attached hydrogens (tertiary/aromatic N) is 2. The number of nitrogens with one attached hydrogen (secondary N) is 2. The van der Waals surface area contributed by atoms with Crippen LogP contribution in [0.4, 0.5) is 27.4 Å². The van der Waals surface area contributed by atoms with Gasteiger partial charge in [0.05, 0.1) is 19.9 Å². The van der Waals surface area contributed by atoms with Gasteiger partial charge in [-0.1, -0.05) is 12.1 Å². The Morgan fingerprint density at radius 2 is 1.56 bits per heavy atom. The molecular formula is C18H17FN4O2. The van der Waals surface area contributed by atoms with Crippen molar-refractivity contribution in [2.75, 3.05) is 24.9 Å². The van der Waals surface area contributed by atoms with Crippen LogP contribution in [0.25, 0.3) is 0 Å². The molecular weight excluding hydrogens is 323 g/mol. The smallest absolute Gasteiger partial charge is 0.162 e. The highest BCUT2D eigenvalue weighted by atomic mass is 19.1. The molecule has 3 rings (SSSR count). The molecule has 0 bridgehead atoms. The Kier molecular flexibility index (Phi) is 4.94. The lowest BCUT2D eigenvalue weighted by Gasteiger charge is -2.12. The molecule has 2 N–H and O–H groups in total. The number of hydrogen-bond acceptors (Lipinski definition) is 6. The van der Waals surface area contributed by atoms with Crippen LogP contribution in [-0.2, 0) is 0 Å². The average molecular weight is 340 g/mol. The molecule has 0 saturated heterocycles. The van der Waals surface area contributed by atoms with Crippen molar-refractivity contribution in [3.05, 3.63) is 60.7 Å². The van der Waals surface area contributed by atoms with Crippen molar-refractivity contribution in [2.24, 2.45) is 0 Å². The summed E-state index contributed by atoms with van der Waals surface area (Å²) in [5, 5.41) is 6.08. The fourth-order valence-corrected chi connectivity index (χ4v) is 2.26. The van der Waals surface area contributed by atoms with Crippen LogP contribution in [0.1, 0.15) is 0 Å². The fraction of sp³-hybridized carbons (Fsp3) is 0.111. The van der Waals surface area contributed by atoms with Crippen LogP contribution in [0.5, 0.6) is 11.5 Å². The zero-order chi connectivity index (χ0) is 17.6. The lowest BCUT2D eigenvalue weighted by Crippen LogP contribution is -2.00. The van der Waals surface area contributed by atoms with Crippen molar-refractivity contribution in [3.8, 4) is 11.5 Å². The molecule has 1 heterocycles. The molecule has 0 amide bonds. The summed E-state index contributed by atoms with van der Waals surface area (Å²) < 4.78 is 24.2. The van der Waals surface area contributed by atoms with Gasteiger partial charge in [0.1, 0.15) is 23.8 Å². The predicted molar refractivity (Wildman–Crippen MR) is 94.5 cm³/mol. The number of para-hydroxylation sites is 1. The molecule has 0 radical (unpaired) electrons. The van der Waals surface area contributed by atoms with Gasteiger partial charge < -0.3 is 20.1 Å². The molecule has 0 aliphatic rings. The maximum absolute atomic E-state index is 13.7. The molecule has 2 aromatic carbocycles. The first kappa shape index (κ1) is 16.5. The van der Waals surface area contributed by atoms with E-state index in [1.807, 2.05) is 6.07 Å². The highest BCUT2D eigenvalue weighted by molar-refractivity contribution is 5.65. The molecule has 7 heteroatoms. The van der Waals surface area contributed by atoms with Gasteiger partial charge in [-0.3, -0.25) is 0 Å². The van der Waals surface area contributed by atoms with E-state index in [0.29, 0.717) is 28.8 Å². The van der Waals surface area contributed by atoms with Gasteiger partial charge in [0.2, 0.25) is 0 Å². The third-order valence-electron chi connectivity index (χ3n) is 3.46. The molecule has 0 unspecified atom stereocenters. The number of hydrogen-bond donors (Lipinski definition) is 2. The number of methoxy groups -OCH3 is 2. The molecule has 0 atom stereocenters. The minimum atomic E-state index is -0.351. The van der Waals surface area contributed by atoms with Crippen molar-refractivity contribution in [1.29, 1.82) is 0 Å². The van der Waals surface area contributed by atoms with Crippen molar-refractivity contribution in [2.45, 2.75) is 0 Å². The van der Waals surface area contributed by atoms with E-state index in [2.05, 4.69) is 20.6 Å². The first-order chi connectivity index (χ1) is 12.2. The second-order valence-corrected chi connectivity index (χ2v) is 5.09. The van der Waals surface area contributed by atoms with E-state index < -0.39 is 0 Å². The molecule has 0 saturated carbocycles. The number of rotatable bonds is 6. The summed E-state index contributed by atoms with van der Waals surface area (Å²) in [6, 6.07) is 13.5. The molecule has 0 aliphatic heterocycles. The second kappa shape index (κ2) is 7.48. The molecule has 6 nitrogen and oxygen atoms in total. The van der Waals surface area contributed by atoms with Gasteiger partial charge in [-0.2, -0.15) is 0 Å². The topological polar surface area (TPSA) is 68.3 Å². The van der Waals surface area contributed by atoms with Gasteiger partial charge in [-0.25, -0.2) is 14.4 Å². The minimum absolute atomic E-state index is 0.346. The zero-order valence-electron chi connectivity index (χ0n) is 13.8. The van der Waals surface area contributed by atoms with Gasteiger partial charge in [0.25, 0.3) is 0 Å². The van der Waals surface area contributed by atoms with E-state index in [-0.39, 0.29) is 5.82 Å². The molecule has 3 aromatic rings. The van der Waals surface area contributed by atoms with E-state index in [0.717, 1.165) is 5.69 Å². The van der Waals surface area contributed by atoms with Crippen LogP contribution in [0.2, 0.25) is 0 Å². The Hall–Kier alpha value is -3.35. The molecule has 0 aliphatic carbocycles. The number of benzene rings is 2. The van der Waals surface area contributed by atoms with E-state index in [9.17, 15) is 4.39 Å². The fourth-order valence-electron chi connectivity index (χ4n) is 2.26. The molecule has 0 fully saturated rings. The highest BCUT2D eigenvalue weighted by Crippen LogP contribution is 2.31. The number of halogens is 1. The summed E-state index contributed by atoms with van der Waals surface area (Å²) in [6.45, 7) is 0. The van der Waals surface area contributed by atoms with Gasteiger partial charge >= 0.3 is 0 Å². The van der Waals surface area contributed by atoms with E-state index in [1.165, 1.54) is 12.4 Å². The standard InChI is InChI=1S/C18H17FN4O2/c1-24-15-8-7-12(9-16(15)25-2)22-17-10-18(21-11-20-17)23-14-6-4-3-5-13(14)19/h3-11H,1-2H3,(H2,20,21,22,23). The lowest BCUT2D eigenvalue weighted by molar-refractivity contribution is 0.355. The van der Waals surface area contributed by atoms with Crippen LogP contribution in [0.15, 0.2) is 54.9 Å². The van der Waals surface area contributed by atoms with E-state index in [4.69, 9.17) is 9.47 Å². The zero-order valence-corrected chi connectivity index (χ0v) is 13.8. The summed E-state index contributed by atoms with van der Waals surface area (Å²) >= 11 is 0. The summed E-state index contributed by atoms with van der Waals surface area (Å²) in [4.78, 5) is 8.27. The Bertz CT molecular complexity index is 873. The van der Waals surface area contributed by atoms with Crippen LogP contribution in [0.3, 0.4) is 0 Å². The number of ether oxygens (including phenoxy) is 2. The third-order valence-corrected chi connectivity index (χ3v) is 3.46. The van der Waals surface area contributed by atoms with Crippen LogP contribution >= 0.6 is 0 Å². The number of aromatic nitrogens is 2. The van der Waals surface area contributed by atoms with Gasteiger partial charge in [0, 0.05) is 17.8 Å². The SMILES string of the molecule is COc1ccc(Nc2cc(Nc3ccccc3F)ncn2)cc1OC. The maximum Gasteiger partial charge on any atom is 0.162 e. The quantitative estimate of drug-likeness (QED) is 0.703. The van der Waals surface area contributed by atoms with Crippen molar-refractivity contribution < 1.29 is 13.9 Å². The molecule has 128 valence electrons. The van der Waals surface area contributed by atoms with Crippen molar-refractivity contribution >= 4 is 23.0 Å². The summed E-state index contributed by atoms with van der Waals surface area (Å²) in [5.41, 5.74) is 1.12. The second-order valence-electron chi connectivity index (χ2n) is 5.09. The molecule has 1 aromatic heterocycles. The third kappa shape index (κ3) is 3.95. The van der Waals surface area contributed by atoms with Crippen molar-refractivity contribution in [1.82, 2.24) is 9.97 Å². The minimum Gasteiger partial charge on any atom is -0.493 e. The first-order valence-electron chi connectivity index (χ1n) is 7.52. The summed E-state index contributed by atoms with van der Waals surface area (Å²) in [6.07, 6.45) is 1.40. The van der Waals surface area contributed by atoms with Gasteiger partial charge in [-0.05, 0) is 24.3 Å². The Balaban J connectivity index is 1.79. The number of anilines is 4. The van der Waals surface area contributed by atoms with Crippen LogP contribution < -0.4 is 20.1 Å². The molecule has 25 heavy (non-hydrogen) atoms.